The number of urea groups is 1. The Morgan fingerprint density at radius 2 is 1.84 bits per heavy atom. The molecule has 1 saturated carbocycles. The Labute approximate surface area is 152 Å². The van der Waals surface area contributed by atoms with Gasteiger partial charge in [0.2, 0.25) is 0 Å². The van der Waals surface area contributed by atoms with Crippen LogP contribution in [0.2, 0.25) is 0 Å². The number of nitrogens with one attached hydrogen (secondary N) is 1. The molecule has 0 spiro atoms. The minimum atomic E-state index is -0.330. The van der Waals surface area contributed by atoms with E-state index in [9.17, 15) is 9.59 Å². The van der Waals surface area contributed by atoms with Crippen LogP contribution in [0.15, 0.2) is 0 Å². The maximum atomic E-state index is 12.6. The molecule has 0 radical (unpaired) electrons. The number of hydrogen-bond donors (Lipinski definition) is 1. The van der Waals surface area contributed by atoms with E-state index < -0.39 is 0 Å². The molecule has 0 aliphatic heterocycles. The highest BCUT2D eigenvalue weighted by Crippen LogP contribution is 2.17. The summed E-state index contributed by atoms with van der Waals surface area (Å²) in [6.45, 7) is 6.30. The molecule has 6 heteroatoms. The summed E-state index contributed by atoms with van der Waals surface area (Å²) in [5, 5.41) is 3.14. The lowest BCUT2D eigenvalue weighted by atomic mass is 9.96. The maximum Gasteiger partial charge on any atom is 0.317 e. The number of esters is 1. The van der Waals surface area contributed by atoms with Crippen molar-refractivity contribution in [1.82, 2.24) is 10.2 Å². The van der Waals surface area contributed by atoms with E-state index in [4.69, 9.17) is 9.47 Å². The quantitative estimate of drug-likeness (QED) is 0.455. The van der Waals surface area contributed by atoms with Gasteiger partial charge < -0.3 is 19.7 Å². The lowest BCUT2D eigenvalue weighted by Crippen LogP contribution is -2.48. The molecule has 146 valence electrons. The highest BCUT2D eigenvalue weighted by atomic mass is 16.5. The number of amides is 2. The van der Waals surface area contributed by atoms with Crippen LogP contribution >= 0.6 is 0 Å². The Morgan fingerprint density at radius 1 is 1.16 bits per heavy atom. The molecule has 1 fully saturated rings. The normalized spacial score (nSPS) is 16.3. The minimum absolute atomic E-state index is 0.0730. The predicted octanol–water partition coefficient (Wildman–Crippen LogP) is 3.35. The van der Waals surface area contributed by atoms with Crippen LogP contribution in [0.4, 0.5) is 4.79 Å². The molecule has 2 amide bonds. The number of unbranched alkanes of at least 4 members (excludes halogenated alkanes) is 1. The summed E-state index contributed by atoms with van der Waals surface area (Å²) in [5.41, 5.74) is 0. The Bertz CT molecular complexity index is 384. The third-order valence-corrected chi connectivity index (χ3v) is 4.68. The second-order valence-electron chi connectivity index (χ2n) is 6.97. The van der Waals surface area contributed by atoms with Crippen LogP contribution in [0, 0.1) is 5.92 Å². The first kappa shape index (κ1) is 21.7. The predicted molar refractivity (Wildman–Crippen MR) is 98.5 cm³/mol. The second-order valence-corrected chi connectivity index (χ2v) is 6.97. The molecule has 1 rings (SSSR count). The van der Waals surface area contributed by atoms with Crippen molar-refractivity contribution < 1.29 is 19.1 Å². The molecular formula is C19H36N2O4. The SMILES string of the molecule is CCCCOCCCN(CC(C)C(=O)OC)C(=O)NC1CCCCC1. The number of nitrogens with zero attached hydrogens (tertiary/aromatic N) is 1. The van der Waals surface area contributed by atoms with Crippen molar-refractivity contribution in [2.45, 2.75) is 71.3 Å². The first-order valence-electron chi connectivity index (χ1n) is 9.79. The number of carbonyl (C=O) groups excluding carboxylic acids is 2. The topological polar surface area (TPSA) is 67.9 Å². The Kier molecular flexibility index (Phi) is 11.3. The van der Waals surface area contributed by atoms with Crippen LogP contribution in [-0.2, 0) is 14.3 Å². The van der Waals surface area contributed by atoms with Crippen LogP contribution in [0.3, 0.4) is 0 Å². The van der Waals surface area contributed by atoms with Gasteiger partial charge in [0.1, 0.15) is 0 Å². The maximum absolute atomic E-state index is 12.6. The largest absolute Gasteiger partial charge is 0.469 e. The zero-order valence-electron chi connectivity index (χ0n) is 16.2. The average Bonchev–Trinajstić information content (AvgIpc) is 2.63. The molecule has 6 nitrogen and oxygen atoms in total. The summed E-state index contributed by atoms with van der Waals surface area (Å²) in [4.78, 5) is 26.1. The third-order valence-electron chi connectivity index (χ3n) is 4.68. The van der Waals surface area contributed by atoms with Crippen molar-refractivity contribution in [2.24, 2.45) is 5.92 Å². The van der Waals surface area contributed by atoms with Crippen LogP contribution < -0.4 is 5.32 Å². The minimum Gasteiger partial charge on any atom is -0.469 e. The number of hydrogen-bond acceptors (Lipinski definition) is 4. The van der Waals surface area contributed by atoms with Crippen molar-refractivity contribution in [3.63, 3.8) is 0 Å². The molecule has 1 aliphatic carbocycles. The van der Waals surface area contributed by atoms with Gasteiger partial charge in [0.25, 0.3) is 0 Å². The standard InChI is InChI=1S/C19H36N2O4/c1-4-5-13-25-14-9-12-21(15-16(2)18(22)24-3)19(23)20-17-10-7-6-8-11-17/h16-17H,4-15H2,1-3H3,(H,20,23). The van der Waals surface area contributed by atoms with Crippen molar-refractivity contribution in [2.75, 3.05) is 33.4 Å². The molecule has 25 heavy (non-hydrogen) atoms. The van der Waals surface area contributed by atoms with Gasteiger partial charge in [0.15, 0.2) is 0 Å². The van der Waals surface area contributed by atoms with E-state index in [0.29, 0.717) is 19.7 Å². The molecule has 1 unspecified atom stereocenters. The van der Waals surface area contributed by atoms with Gasteiger partial charge in [-0.25, -0.2) is 4.79 Å². The fraction of sp³-hybridized carbons (Fsp3) is 0.895. The van der Waals surface area contributed by atoms with E-state index in [-0.39, 0.29) is 24.0 Å². The van der Waals surface area contributed by atoms with Crippen LogP contribution in [-0.4, -0.2) is 56.4 Å². The fourth-order valence-electron chi connectivity index (χ4n) is 3.10. The monoisotopic (exact) mass is 356 g/mol. The van der Waals surface area contributed by atoms with Gasteiger partial charge in [-0.15, -0.1) is 0 Å². The molecule has 0 heterocycles. The van der Waals surface area contributed by atoms with Gasteiger partial charge in [-0.3, -0.25) is 4.79 Å². The summed E-state index contributed by atoms with van der Waals surface area (Å²) < 4.78 is 10.4. The van der Waals surface area contributed by atoms with Crippen molar-refractivity contribution in [3.05, 3.63) is 0 Å². The molecule has 1 aliphatic rings. The molecule has 0 saturated heterocycles. The van der Waals surface area contributed by atoms with Crippen LogP contribution in [0.25, 0.3) is 0 Å². The molecule has 0 aromatic carbocycles. The Morgan fingerprint density at radius 3 is 2.48 bits per heavy atom. The lowest BCUT2D eigenvalue weighted by molar-refractivity contribution is -0.145. The Hall–Kier alpha value is -1.30. The molecule has 1 atom stereocenters. The highest BCUT2D eigenvalue weighted by molar-refractivity contribution is 5.76. The van der Waals surface area contributed by atoms with Crippen LogP contribution in [0.5, 0.6) is 0 Å². The summed E-state index contributed by atoms with van der Waals surface area (Å²) in [6.07, 6.45) is 8.65. The molecule has 0 aromatic rings. The van der Waals surface area contributed by atoms with E-state index in [1.807, 2.05) is 0 Å². The number of ether oxygens (including phenoxy) is 2. The van der Waals surface area contributed by atoms with E-state index in [0.717, 1.165) is 38.7 Å². The summed E-state index contributed by atoms with van der Waals surface area (Å²) in [6, 6.07) is 0.189. The number of rotatable bonds is 11. The molecule has 0 bridgehead atoms. The van der Waals surface area contributed by atoms with E-state index in [2.05, 4.69) is 12.2 Å². The summed E-state index contributed by atoms with van der Waals surface area (Å²) >= 11 is 0. The zero-order valence-corrected chi connectivity index (χ0v) is 16.2. The van der Waals surface area contributed by atoms with Gasteiger partial charge in [-0.2, -0.15) is 0 Å². The van der Waals surface area contributed by atoms with Gasteiger partial charge in [0.05, 0.1) is 13.0 Å². The van der Waals surface area contributed by atoms with Gasteiger partial charge >= 0.3 is 12.0 Å². The smallest absolute Gasteiger partial charge is 0.317 e. The van der Waals surface area contributed by atoms with Crippen molar-refractivity contribution in [3.8, 4) is 0 Å². The summed E-state index contributed by atoms with van der Waals surface area (Å²) in [5.74, 6) is -0.613. The van der Waals surface area contributed by atoms with Gasteiger partial charge in [-0.1, -0.05) is 39.5 Å². The molecular weight excluding hydrogens is 320 g/mol. The van der Waals surface area contributed by atoms with Gasteiger partial charge in [0, 0.05) is 32.3 Å². The molecule has 1 N–H and O–H groups in total. The number of carbonyl (C=O) groups is 2. The van der Waals surface area contributed by atoms with Crippen molar-refractivity contribution >= 4 is 12.0 Å². The third kappa shape index (κ3) is 9.10. The summed E-state index contributed by atoms with van der Waals surface area (Å²) in [7, 11) is 1.38. The molecule has 0 aromatic heterocycles. The van der Waals surface area contributed by atoms with Crippen LogP contribution in [0.1, 0.15) is 65.2 Å². The Balaban J connectivity index is 2.47. The first-order chi connectivity index (χ1) is 12.1. The first-order valence-corrected chi connectivity index (χ1v) is 9.79. The lowest BCUT2D eigenvalue weighted by Gasteiger charge is -2.29. The zero-order chi connectivity index (χ0) is 18.5. The number of methoxy groups -OCH3 is 1. The average molecular weight is 357 g/mol. The highest BCUT2D eigenvalue weighted by Gasteiger charge is 2.23. The van der Waals surface area contributed by atoms with E-state index in [1.165, 1.54) is 26.4 Å². The fourth-order valence-corrected chi connectivity index (χ4v) is 3.10. The second kappa shape index (κ2) is 13.0. The van der Waals surface area contributed by atoms with Crippen molar-refractivity contribution in [1.29, 1.82) is 0 Å². The van der Waals surface area contributed by atoms with E-state index in [1.54, 1.807) is 11.8 Å². The van der Waals surface area contributed by atoms with Gasteiger partial charge in [-0.05, 0) is 25.7 Å². The van der Waals surface area contributed by atoms with E-state index >= 15 is 0 Å².